The van der Waals surface area contributed by atoms with Crippen LogP contribution in [0.25, 0.3) is 6.08 Å². The van der Waals surface area contributed by atoms with Crippen molar-refractivity contribution in [2.24, 2.45) is 0 Å². The molecule has 2 aromatic carbocycles. The normalized spacial score (nSPS) is 16.1. The van der Waals surface area contributed by atoms with Crippen LogP contribution < -0.4 is 5.32 Å². The Bertz CT molecular complexity index is 748. The van der Waals surface area contributed by atoms with Gasteiger partial charge < -0.3 is 5.32 Å². The van der Waals surface area contributed by atoms with Crippen molar-refractivity contribution >= 4 is 52.0 Å². The first-order valence-corrected chi connectivity index (χ1v) is 8.74. The van der Waals surface area contributed by atoms with E-state index in [4.69, 9.17) is 12.2 Å². The second-order valence-corrected chi connectivity index (χ2v) is 7.70. The van der Waals surface area contributed by atoms with Gasteiger partial charge in [0.2, 0.25) is 0 Å². The van der Waals surface area contributed by atoms with E-state index in [1.807, 2.05) is 18.2 Å². The molecule has 0 bridgehead atoms. The van der Waals surface area contributed by atoms with Gasteiger partial charge in [-0.2, -0.15) is 0 Å². The number of benzene rings is 2. The van der Waals surface area contributed by atoms with Gasteiger partial charge in [0.15, 0.2) is 0 Å². The van der Waals surface area contributed by atoms with E-state index in [1.165, 1.54) is 27.1 Å². The van der Waals surface area contributed by atoms with Crippen LogP contribution in [0.2, 0.25) is 0 Å². The van der Waals surface area contributed by atoms with E-state index in [0.29, 0.717) is 9.23 Å². The van der Waals surface area contributed by atoms with E-state index < -0.39 is 0 Å². The first-order valence-electron chi connectivity index (χ1n) is 6.69. The molecule has 2 nitrogen and oxygen atoms in total. The smallest absolute Gasteiger partial charge is 0.263 e. The molecule has 0 unspecified atom stereocenters. The van der Waals surface area contributed by atoms with Gasteiger partial charge in [-0.15, -0.1) is 0 Å². The zero-order chi connectivity index (χ0) is 15.5. The van der Waals surface area contributed by atoms with Crippen molar-refractivity contribution < 1.29 is 4.79 Å². The maximum Gasteiger partial charge on any atom is 0.263 e. The van der Waals surface area contributed by atoms with Crippen molar-refractivity contribution in [1.82, 2.24) is 5.32 Å². The number of amides is 1. The van der Waals surface area contributed by atoms with Gasteiger partial charge in [0.25, 0.3) is 5.91 Å². The van der Waals surface area contributed by atoms with Crippen molar-refractivity contribution in [3.05, 3.63) is 64.6 Å². The summed E-state index contributed by atoms with van der Waals surface area (Å²) in [5, 5.41) is 2.62. The summed E-state index contributed by atoms with van der Waals surface area (Å²) < 4.78 is 0.516. The lowest BCUT2D eigenvalue weighted by Crippen LogP contribution is -2.17. The zero-order valence-electron chi connectivity index (χ0n) is 11.8. The van der Waals surface area contributed by atoms with E-state index >= 15 is 0 Å². The third-order valence-electron chi connectivity index (χ3n) is 3.08. The molecule has 2 aromatic rings. The van der Waals surface area contributed by atoms with Crippen molar-refractivity contribution in [3.63, 3.8) is 0 Å². The van der Waals surface area contributed by atoms with Gasteiger partial charge in [-0.25, -0.2) is 0 Å². The molecule has 5 heteroatoms. The fourth-order valence-electron chi connectivity index (χ4n) is 1.95. The number of carbonyl (C=O) groups excluding carboxylic acids is 1. The highest BCUT2D eigenvalue weighted by Gasteiger charge is 2.21. The maximum absolute atomic E-state index is 11.6. The van der Waals surface area contributed by atoms with Crippen LogP contribution in [0.1, 0.15) is 11.1 Å². The molecular formula is C17H13NOS3. The molecule has 3 rings (SSSR count). The third kappa shape index (κ3) is 3.80. The summed E-state index contributed by atoms with van der Waals surface area (Å²) in [6, 6.07) is 16.6. The summed E-state index contributed by atoms with van der Waals surface area (Å²) in [4.78, 5) is 14.7. The Kier molecular flexibility index (Phi) is 4.66. The second kappa shape index (κ2) is 6.69. The lowest BCUT2D eigenvalue weighted by Gasteiger charge is -2.03. The highest BCUT2D eigenvalue weighted by Crippen LogP contribution is 2.29. The lowest BCUT2D eigenvalue weighted by atomic mass is 10.2. The van der Waals surface area contributed by atoms with Crippen LogP contribution in [0.4, 0.5) is 0 Å². The van der Waals surface area contributed by atoms with Gasteiger partial charge in [0.05, 0.1) is 4.91 Å². The Morgan fingerprint density at radius 2 is 1.64 bits per heavy atom. The third-order valence-corrected chi connectivity index (χ3v) is 5.26. The Hall–Kier alpha value is -1.56. The molecule has 0 atom stereocenters. The van der Waals surface area contributed by atoms with E-state index in [-0.39, 0.29) is 5.91 Å². The highest BCUT2D eigenvalue weighted by molar-refractivity contribution is 8.26. The SMILES string of the molecule is Cc1ccc(Sc2ccc(/C=C3\SC(=S)NC3=O)cc2)cc1. The molecule has 0 aliphatic carbocycles. The monoisotopic (exact) mass is 343 g/mol. The number of hydrogen-bond donors (Lipinski definition) is 1. The molecule has 1 aliphatic rings. The molecule has 1 heterocycles. The molecule has 110 valence electrons. The van der Waals surface area contributed by atoms with Crippen LogP contribution in [-0.2, 0) is 4.79 Å². The molecule has 22 heavy (non-hydrogen) atoms. The first kappa shape index (κ1) is 15.3. The molecular weight excluding hydrogens is 330 g/mol. The Morgan fingerprint density at radius 1 is 1.05 bits per heavy atom. The average molecular weight is 343 g/mol. The van der Waals surface area contributed by atoms with Crippen LogP contribution in [0.5, 0.6) is 0 Å². The second-order valence-electron chi connectivity index (χ2n) is 4.84. The molecule has 1 fully saturated rings. The molecule has 0 saturated carbocycles. The zero-order valence-corrected chi connectivity index (χ0v) is 14.3. The van der Waals surface area contributed by atoms with Gasteiger partial charge >= 0.3 is 0 Å². The number of hydrogen-bond acceptors (Lipinski definition) is 4. The van der Waals surface area contributed by atoms with E-state index in [1.54, 1.807) is 11.8 Å². The van der Waals surface area contributed by atoms with Crippen LogP contribution in [0, 0.1) is 6.92 Å². The van der Waals surface area contributed by atoms with E-state index in [9.17, 15) is 4.79 Å². The maximum atomic E-state index is 11.6. The van der Waals surface area contributed by atoms with Gasteiger partial charge in [-0.05, 0) is 42.8 Å². The molecule has 1 aliphatic heterocycles. The largest absolute Gasteiger partial charge is 0.307 e. The highest BCUT2D eigenvalue weighted by atomic mass is 32.2. The predicted molar refractivity (Wildman–Crippen MR) is 98.1 cm³/mol. The number of carbonyl (C=O) groups is 1. The minimum atomic E-state index is -0.117. The Balaban J connectivity index is 1.73. The minimum absolute atomic E-state index is 0.117. The number of thiocarbonyl (C=S) groups is 1. The first-order chi connectivity index (χ1) is 10.6. The van der Waals surface area contributed by atoms with Gasteiger partial charge in [-0.1, -0.05) is 65.6 Å². The van der Waals surface area contributed by atoms with Crippen LogP contribution in [-0.4, -0.2) is 10.2 Å². The molecule has 1 amide bonds. The van der Waals surface area contributed by atoms with E-state index in [0.717, 1.165) is 5.56 Å². The van der Waals surface area contributed by atoms with Crippen molar-refractivity contribution in [2.75, 3.05) is 0 Å². The van der Waals surface area contributed by atoms with Gasteiger partial charge in [0, 0.05) is 9.79 Å². The summed E-state index contributed by atoms with van der Waals surface area (Å²) >= 11 is 8.01. The molecule has 0 spiro atoms. The van der Waals surface area contributed by atoms with Gasteiger partial charge in [0.1, 0.15) is 4.32 Å². The van der Waals surface area contributed by atoms with Crippen LogP contribution in [0.15, 0.2) is 63.2 Å². The summed E-state index contributed by atoms with van der Waals surface area (Å²) in [6.45, 7) is 2.08. The van der Waals surface area contributed by atoms with Crippen molar-refractivity contribution in [2.45, 2.75) is 16.7 Å². The van der Waals surface area contributed by atoms with E-state index in [2.05, 4.69) is 48.6 Å². The predicted octanol–water partition coefficient (Wildman–Crippen LogP) is 4.64. The number of aryl methyl sites for hydroxylation is 1. The lowest BCUT2D eigenvalue weighted by molar-refractivity contribution is -0.115. The Morgan fingerprint density at radius 3 is 2.18 bits per heavy atom. The van der Waals surface area contributed by atoms with Crippen molar-refractivity contribution in [1.29, 1.82) is 0 Å². The fourth-order valence-corrected chi connectivity index (χ4v) is 3.81. The minimum Gasteiger partial charge on any atom is -0.307 e. The summed E-state index contributed by atoms with van der Waals surface area (Å²) in [6.07, 6.45) is 1.86. The quantitative estimate of drug-likeness (QED) is 0.649. The average Bonchev–Trinajstić information content (AvgIpc) is 2.81. The van der Waals surface area contributed by atoms with Crippen LogP contribution in [0.3, 0.4) is 0 Å². The van der Waals surface area contributed by atoms with Crippen molar-refractivity contribution in [3.8, 4) is 0 Å². The number of thioether (sulfide) groups is 1. The molecule has 0 aromatic heterocycles. The number of nitrogens with one attached hydrogen (secondary N) is 1. The molecule has 1 N–H and O–H groups in total. The summed E-state index contributed by atoms with van der Waals surface area (Å²) in [7, 11) is 0. The molecule has 1 saturated heterocycles. The van der Waals surface area contributed by atoms with Gasteiger partial charge in [-0.3, -0.25) is 4.79 Å². The Labute approximate surface area is 143 Å². The topological polar surface area (TPSA) is 29.1 Å². The summed E-state index contributed by atoms with van der Waals surface area (Å²) in [5.41, 5.74) is 2.26. The molecule has 0 radical (unpaired) electrons. The standard InChI is InChI=1S/C17H13NOS3/c1-11-2-6-13(7-3-11)21-14-8-4-12(5-9-14)10-15-16(19)18-17(20)22-15/h2-10H,1H3,(H,18,19,20)/b15-10-. The number of rotatable bonds is 3. The van der Waals surface area contributed by atoms with Crippen LogP contribution >= 0.6 is 35.7 Å². The fraction of sp³-hybridized carbons (Fsp3) is 0.0588. The summed E-state index contributed by atoms with van der Waals surface area (Å²) in [5.74, 6) is -0.117.